The maximum Gasteiger partial charge on any atom is 0.338 e. The number of carbonyl (C=O) groups is 1. The molecule has 0 N–H and O–H groups in total. The van der Waals surface area contributed by atoms with Crippen LogP contribution in [0.25, 0.3) is 17.4 Å². The lowest BCUT2D eigenvalue weighted by atomic mass is 9.95. The van der Waals surface area contributed by atoms with Gasteiger partial charge in [-0.15, -0.1) is 0 Å². The van der Waals surface area contributed by atoms with E-state index in [2.05, 4.69) is 11.1 Å². The van der Waals surface area contributed by atoms with Crippen LogP contribution < -0.4 is 24.4 Å². The van der Waals surface area contributed by atoms with Crippen molar-refractivity contribution in [3.05, 3.63) is 102 Å². The summed E-state index contributed by atoms with van der Waals surface area (Å²) in [6.07, 6.45) is 1.63. The molecule has 1 unspecified atom stereocenters. The van der Waals surface area contributed by atoms with Crippen molar-refractivity contribution in [2.75, 3.05) is 20.8 Å². The van der Waals surface area contributed by atoms with Gasteiger partial charge in [-0.05, 0) is 50.2 Å². The van der Waals surface area contributed by atoms with Crippen LogP contribution in [0.5, 0.6) is 11.5 Å². The lowest BCUT2D eigenvalue weighted by Gasteiger charge is -2.26. The van der Waals surface area contributed by atoms with E-state index in [0.29, 0.717) is 54.7 Å². The van der Waals surface area contributed by atoms with Crippen molar-refractivity contribution in [3.8, 4) is 28.9 Å². The zero-order valence-corrected chi connectivity index (χ0v) is 23.1. The van der Waals surface area contributed by atoms with Crippen LogP contribution in [0.4, 0.5) is 0 Å². The predicted molar refractivity (Wildman–Crippen MR) is 149 cm³/mol. The molecule has 0 fully saturated rings. The van der Waals surface area contributed by atoms with E-state index in [1.54, 1.807) is 75.6 Å². The molecule has 0 amide bonds. The third-order valence-corrected chi connectivity index (χ3v) is 7.45. The summed E-state index contributed by atoms with van der Waals surface area (Å²) in [7, 11) is 3.06. The summed E-state index contributed by atoms with van der Waals surface area (Å²) >= 11 is 1.18. The molecule has 4 aromatic rings. The van der Waals surface area contributed by atoms with Crippen LogP contribution in [0.2, 0.25) is 0 Å². The summed E-state index contributed by atoms with van der Waals surface area (Å²) in [5.74, 6) is 1.40. The Morgan fingerprint density at radius 2 is 1.98 bits per heavy atom. The molecular weight excluding hydrogens is 530 g/mol. The van der Waals surface area contributed by atoms with Crippen LogP contribution in [0, 0.1) is 11.3 Å². The Morgan fingerprint density at radius 3 is 2.70 bits per heavy atom. The molecule has 202 valence electrons. The fourth-order valence-electron chi connectivity index (χ4n) is 4.63. The molecule has 0 saturated heterocycles. The van der Waals surface area contributed by atoms with Gasteiger partial charge >= 0.3 is 5.97 Å². The summed E-state index contributed by atoms with van der Waals surface area (Å²) in [5.41, 5.74) is 2.07. The number of hydrogen-bond acceptors (Lipinski definition) is 9. The standard InChI is InChI=1S/C30H25N3O6S/c1-5-38-29(35)26-17(2)32-30-33(27(26)22-12-10-19(36-3)14-24(22)37-4)28(34)25(40-30)15-20-11-13-23(39-20)21-9-7-6-8-18(21)16-31/h6-15,27H,5H2,1-4H3/b25-15+. The van der Waals surface area contributed by atoms with E-state index >= 15 is 0 Å². The number of rotatable bonds is 7. The first-order chi connectivity index (χ1) is 19.4. The smallest absolute Gasteiger partial charge is 0.338 e. The molecule has 0 bridgehead atoms. The number of furan rings is 1. The highest BCUT2D eigenvalue weighted by molar-refractivity contribution is 7.07. The molecule has 9 nitrogen and oxygen atoms in total. The quantitative estimate of drug-likeness (QED) is 0.317. The Balaban J connectivity index is 1.68. The number of aromatic nitrogens is 1. The number of ether oxygens (including phenoxy) is 3. The molecule has 1 atom stereocenters. The molecule has 3 heterocycles. The van der Waals surface area contributed by atoms with Gasteiger partial charge in [0.25, 0.3) is 5.56 Å². The Bertz CT molecular complexity index is 1870. The summed E-state index contributed by atoms with van der Waals surface area (Å²) in [6.45, 7) is 3.61. The van der Waals surface area contributed by atoms with Crippen molar-refractivity contribution >= 4 is 23.4 Å². The molecule has 0 radical (unpaired) electrons. The molecule has 10 heteroatoms. The van der Waals surface area contributed by atoms with Gasteiger partial charge in [0.15, 0.2) is 4.80 Å². The zero-order valence-electron chi connectivity index (χ0n) is 22.3. The van der Waals surface area contributed by atoms with Crippen LogP contribution >= 0.6 is 11.3 Å². The van der Waals surface area contributed by atoms with Crippen LogP contribution in [0.1, 0.15) is 36.8 Å². The van der Waals surface area contributed by atoms with Gasteiger partial charge in [-0.25, -0.2) is 9.79 Å². The Morgan fingerprint density at radius 1 is 1.18 bits per heavy atom. The van der Waals surface area contributed by atoms with Gasteiger partial charge in [0.05, 0.1) is 48.3 Å². The third-order valence-electron chi connectivity index (χ3n) is 6.47. The molecule has 0 spiro atoms. The lowest BCUT2D eigenvalue weighted by molar-refractivity contribution is -0.139. The average molecular weight is 556 g/mol. The Hall–Kier alpha value is -4.88. The van der Waals surface area contributed by atoms with Gasteiger partial charge in [-0.3, -0.25) is 9.36 Å². The second kappa shape index (κ2) is 11.1. The second-order valence-corrected chi connectivity index (χ2v) is 9.78. The van der Waals surface area contributed by atoms with Crippen LogP contribution in [0.3, 0.4) is 0 Å². The highest BCUT2D eigenvalue weighted by Crippen LogP contribution is 2.37. The van der Waals surface area contributed by atoms with E-state index in [4.69, 9.17) is 18.6 Å². The molecular formula is C30H25N3O6S. The van der Waals surface area contributed by atoms with E-state index in [0.717, 1.165) is 0 Å². The highest BCUT2D eigenvalue weighted by Gasteiger charge is 2.35. The minimum absolute atomic E-state index is 0.169. The first-order valence-corrected chi connectivity index (χ1v) is 13.2. The summed E-state index contributed by atoms with van der Waals surface area (Å²) in [4.78, 5) is 32.1. The number of thiazole rings is 1. The number of nitriles is 1. The van der Waals surface area contributed by atoms with Gasteiger partial charge in [0.2, 0.25) is 0 Å². The van der Waals surface area contributed by atoms with Crippen LogP contribution in [-0.4, -0.2) is 31.4 Å². The maximum atomic E-state index is 13.9. The van der Waals surface area contributed by atoms with Gasteiger partial charge < -0.3 is 18.6 Å². The topological polar surface area (TPSA) is 116 Å². The van der Waals surface area contributed by atoms with E-state index in [-0.39, 0.29) is 17.7 Å². The fraction of sp³-hybridized carbons (Fsp3) is 0.200. The van der Waals surface area contributed by atoms with Gasteiger partial charge in [0, 0.05) is 23.3 Å². The Labute approximate surface area is 233 Å². The van der Waals surface area contributed by atoms with Crippen molar-refractivity contribution in [1.82, 2.24) is 4.57 Å². The molecule has 2 aromatic heterocycles. The number of nitrogens with zero attached hydrogens (tertiary/aromatic N) is 3. The molecule has 5 rings (SSSR count). The number of esters is 1. The number of hydrogen-bond donors (Lipinski definition) is 0. The van der Waals surface area contributed by atoms with E-state index in [9.17, 15) is 14.9 Å². The number of carbonyl (C=O) groups excluding carboxylic acids is 1. The van der Waals surface area contributed by atoms with Crippen LogP contribution in [0.15, 0.2) is 80.1 Å². The zero-order chi connectivity index (χ0) is 28.4. The first kappa shape index (κ1) is 26.7. The summed E-state index contributed by atoms with van der Waals surface area (Å²) < 4.78 is 24.2. The molecule has 40 heavy (non-hydrogen) atoms. The van der Waals surface area contributed by atoms with Crippen molar-refractivity contribution in [3.63, 3.8) is 0 Å². The van der Waals surface area contributed by atoms with Crippen molar-refractivity contribution < 1.29 is 23.4 Å². The van der Waals surface area contributed by atoms with E-state index in [1.807, 2.05) is 6.07 Å². The molecule has 0 saturated carbocycles. The largest absolute Gasteiger partial charge is 0.497 e. The van der Waals surface area contributed by atoms with Gasteiger partial charge in [-0.2, -0.15) is 5.26 Å². The highest BCUT2D eigenvalue weighted by atomic mass is 32.1. The van der Waals surface area contributed by atoms with Crippen LogP contribution in [-0.2, 0) is 9.53 Å². The van der Waals surface area contributed by atoms with Gasteiger partial charge in [0.1, 0.15) is 29.1 Å². The monoisotopic (exact) mass is 555 g/mol. The maximum absolute atomic E-state index is 13.9. The Kier molecular flexibility index (Phi) is 7.40. The number of fused-ring (bicyclic) bond motifs is 1. The SMILES string of the molecule is CCOC(=O)C1=C(C)N=c2s/c(=C/c3ccc(-c4ccccc4C#N)o3)c(=O)n2C1c1ccc(OC)cc1OC. The number of benzene rings is 2. The molecule has 0 aliphatic carbocycles. The molecule has 2 aromatic carbocycles. The minimum atomic E-state index is -0.840. The van der Waals surface area contributed by atoms with Crippen molar-refractivity contribution in [2.45, 2.75) is 19.9 Å². The van der Waals surface area contributed by atoms with Crippen molar-refractivity contribution in [2.24, 2.45) is 4.99 Å². The normalized spacial score (nSPS) is 14.8. The fourth-order valence-corrected chi connectivity index (χ4v) is 5.66. The van der Waals surface area contributed by atoms with E-state index in [1.165, 1.54) is 23.0 Å². The lowest BCUT2D eigenvalue weighted by Crippen LogP contribution is -2.40. The average Bonchev–Trinajstić information content (AvgIpc) is 3.56. The van der Waals surface area contributed by atoms with Crippen molar-refractivity contribution in [1.29, 1.82) is 5.26 Å². The summed E-state index contributed by atoms with van der Waals surface area (Å²) in [6, 6.07) is 17.2. The number of methoxy groups -OCH3 is 2. The first-order valence-electron chi connectivity index (χ1n) is 12.4. The summed E-state index contributed by atoms with van der Waals surface area (Å²) in [5, 5.41) is 9.45. The predicted octanol–water partition coefficient (Wildman–Crippen LogP) is 3.95. The third kappa shape index (κ3) is 4.72. The second-order valence-electron chi connectivity index (χ2n) is 8.77. The number of allylic oxidation sites excluding steroid dienone is 1. The molecule has 1 aliphatic rings. The molecule has 1 aliphatic heterocycles. The van der Waals surface area contributed by atoms with E-state index < -0.39 is 12.0 Å². The minimum Gasteiger partial charge on any atom is -0.497 e. The van der Waals surface area contributed by atoms with Gasteiger partial charge in [-0.1, -0.05) is 23.5 Å².